The number of alkyl halides is 3. The summed E-state index contributed by atoms with van der Waals surface area (Å²) >= 11 is 0. The quantitative estimate of drug-likeness (QED) is 0.737. The van der Waals surface area contributed by atoms with Gasteiger partial charge in [-0.25, -0.2) is 4.68 Å². The lowest BCUT2D eigenvalue weighted by atomic mass is 9.96. The van der Waals surface area contributed by atoms with Crippen molar-refractivity contribution in [2.75, 3.05) is 11.9 Å². The van der Waals surface area contributed by atoms with Gasteiger partial charge in [-0.15, -0.1) is 0 Å². The Morgan fingerprint density at radius 2 is 2.00 bits per heavy atom. The van der Waals surface area contributed by atoms with E-state index in [4.69, 9.17) is 4.74 Å². The lowest BCUT2D eigenvalue weighted by molar-refractivity contribution is -0.137. The minimum atomic E-state index is -4.52. The zero-order chi connectivity index (χ0) is 19.7. The van der Waals surface area contributed by atoms with Crippen molar-refractivity contribution in [2.24, 2.45) is 5.92 Å². The van der Waals surface area contributed by atoms with Gasteiger partial charge in [-0.3, -0.25) is 4.79 Å². The fraction of sp³-hybridized carbons (Fsp3) is 0.200. The van der Waals surface area contributed by atoms with Crippen LogP contribution >= 0.6 is 0 Å². The molecule has 8 heteroatoms. The number of rotatable bonds is 3. The van der Waals surface area contributed by atoms with E-state index in [1.165, 1.54) is 16.9 Å². The van der Waals surface area contributed by atoms with Gasteiger partial charge in [0.05, 0.1) is 22.9 Å². The van der Waals surface area contributed by atoms with Crippen LogP contribution in [0, 0.1) is 5.92 Å². The molecule has 1 aromatic heterocycles. The van der Waals surface area contributed by atoms with Crippen LogP contribution < -0.4 is 10.1 Å². The van der Waals surface area contributed by atoms with E-state index in [2.05, 4.69) is 10.4 Å². The maximum absolute atomic E-state index is 13.1. The second kappa shape index (κ2) is 7.03. The van der Waals surface area contributed by atoms with E-state index >= 15 is 0 Å². The molecule has 0 spiro atoms. The lowest BCUT2D eigenvalue weighted by Gasteiger charge is -2.25. The Labute approximate surface area is 158 Å². The SMILES string of the molecule is O=C(Nc1cc(C(F)(F)F)ccc1-n1cccn1)C1COc2ccccc2C1. The summed E-state index contributed by atoms with van der Waals surface area (Å²) in [5.74, 6) is -0.181. The van der Waals surface area contributed by atoms with Crippen molar-refractivity contribution in [3.8, 4) is 11.4 Å². The van der Waals surface area contributed by atoms with Gasteiger partial charge in [0.25, 0.3) is 0 Å². The molecule has 0 bridgehead atoms. The molecule has 0 fully saturated rings. The minimum Gasteiger partial charge on any atom is -0.492 e. The van der Waals surface area contributed by atoms with E-state index in [0.29, 0.717) is 12.1 Å². The largest absolute Gasteiger partial charge is 0.492 e. The van der Waals surface area contributed by atoms with Gasteiger partial charge >= 0.3 is 6.18 Å². The van der Waals surface area contributed by atoms with Gasteiger partial charge in [-0.05, 0) is 42.3 Å². The first-order valence-corrected chi connectivity index (χ1v) is 8.64. The summed E-state index contributed by atoms with van der Waals surface area (Å²) in [6.45, 7) is 0.166. The molecule has 2 aromatic carbocycles. The lowest BCUT2D eigenvalue weighted by Crippen LogP contribution is -2.33. The first kappa shape index (κ1) is 18.1. The molecule has 1 aliphatic heterocycles. The molecule has 5 nitrogen and oxygen atoms in total. The fourth-order valence-electron chi connectivity index (χ4n) is 3.15. The molecule has 1 amide bonds. The van der Waals surface area contributed by atoms with Gasteiger partial charge in [0.2, 0.25) is 5.91 Å². The molecular weight excluding hydrogens is 371 g/mol. The number of halogens is 3. The normalized spacial score (nSPS) is 16.2. The van der Waals surface area contributed by atoms with Gasteiger partial charge in [0.1, 0.15) is 12.4 Å². The summed E-state index contributed by atoms with van der Waals surface area (Å²) in [4.78, 5) is 12.8. The smallest absolute Gasteiger partial charge is 0.416 e. The molecule has 1 atom stereocenters. The monoisotopic (exact) mass is 387 g/mol. The highest BCUT2D eigenvalue weighted by Gasteiger charge is 2.32. The van der Waals surface area contributed by atoms with E-state index in [0.717, 1.165) is 23.4 Å². The Morgan fingerprint density at radius 1 is 1.18 bits per heavy atom. The third-order valence-corrected chi connectivity index (χ3v) is 4.58. The van der Waals surface area contributed by atoms with Crippen molar-refractivity contribution in [1.82, 2.24) is 9.78 Å². The van der Waals surface area contributed by atoms with Crippen LogP contribution in [0.25, 0.3) is 5.69 Å². The molecule has 144 valence electrons. The number of amides is 1. The summed E-state index contributed by atoms with van der Waals surface area (Å²) in [5.41, 5.74) is 0.444. The third-order valence-electron chi connectivity index (χ3n) is 4.58. The average Bonchev–Trinajstić information content (AvgIpc) is 3.21. The van der Waals surface area contributed by atoms with Gasteiger partial charge in [-0.2, -0.15) is 18.3 Å². The summed E-state index contributed by atoms with van der Waals surface area (Å²) in [5, 5.41) is 6.68. The van der Waals surface area contributed by atoms with Crippen LogP contribution in [0.4, 0.5) is 18.9 Å². The molecule has 2 heterocycles. The average molecular weight is 387 g/mol. The van der Waals surface area contributed by atoms with Crippen LogP contribution in [0.15, 0.2) is 60.9 Å². The number of carbonyl (C=O) groups excluding carboxylic acids is 1. The molecule has 1 unspecified atom stereocenters. The van der Waals surface area contributed by atoms with Crippen molar-refractivity contribution in [2.45, 2.75) is 12.6 Å². The zero-order valence-corrected chi connectivity index (χ0v) is 14.6. The molecule has 3 aromatic rings. The molecule has 1 N–H and O–H groups in total. The number of benzene rings is 2. The number of nitrogens with zero attached hydrogens (tertiary/aromatic N) is 2. The number of ether oxygens (including phenoxy) is 1. The Hall–Kier alpha value is -3.29. The van der Waals surface area contributed by atoms with Crippen molar-refractivity contribution in [3.05, 3.63) is 72.1 Å². The first-order valence-electron chi connectivity index (χ1n) is 8.64. The summed E-state index contributed by atoms with van der Waals surface area (Å²) in [6, 6.07) is 12.2. The second-order valence-corrected chi connectivity index (χ2v) is 6.49. The van der Waals surface area contributed by atoms with Crippen molar-refractivity contribution < 1.29 is 22.7 Å². The van der Waals surface area contributed by atoms with E-state index < -0.39 is 23.6 Å². The molecular formula is C20H16F3N3O2. The Kier molecular flexibility index (Phi) is 4.54. The number of aromatic nitrogens is 2. The Bertz CT molecular complexity index is 1000. The molecule has 0 radical (unpaired) electrons. The van der Waals surface area contributed by atoms with Crippen molar-refractivity contribution in [1.29, 1.82) is 0 Å². The minimum absolute atomic E-state index is 0.0439. The molecule has 0 aliphatic carbocycles. The fourth-order valence-corrected chi connectivity index (χ4v) is 3.15. The Morgan fingerprint density at radius 3 is 2.75 bits per heavy atom. The predicted octanol–water partition coefficient (Wildman–Crippen LogP) is 4.08. The number of carbonyl (C=O) groups is 1. The first-order chi connectivity index (χ1) is 13.4. The van der Waals surface area contributed by atoms with Crippen LogP contribution in [-0.4, -0.2) is 22.3 Å². The summed E-state index contributed by atoms with van der Waals surface area (Å²) in [7, 11) is 0. The van der Waals surface area contributed by atoms with Crippen LogP contribution in [-0.2, 0) is 17.4 Å². The van der Waals surface area contributed by atoms with Crippen LogP contribution in [0.5, 0.6) is 5.75 Å². The van der Waals surface area contributed by atoms with Crippen LogP contribution in [0.1, 0.15) is 11.1 Å². The Balaban J connectivity index is 1.62. The topological polar surface area (TPSA) is 56.2 Å². The van der Waals surface area contributed by atoms with Crippen LogP contribution in [0.2, 0.25) is 0 Å². The molecule has 28 heavy (non-hydrogen) atoms. The number of para-hydroxylation sites is 1. The van der Waals surface area contributed by atoms with Gasteiger partial charge < -0.3 is 10.1 Å². The molecule has 0 saturated carbocycles. The van der Waals surface area contributed by atoms with Gasteiger partial charge in [-0.1, -0.05) is 18.2 Å². The highest BCUT2D eigenvalue weighted by atomic mass is 19.4. The van der Waals surface area contributed by atoms with E-state index in [1.54, 1.807) is 12.3 Å². The highest BCUT2D eigenvalue weighted by Crippen LogP contribution is 2.34. The van der Waals surface area contributed by atoms with Crippen LogP contribution in [0.3, 0.4) is 0 Å². The van der Waals surface area contributed by atoms with Crippen molar-refractivity contribution >= 4 is 11.6 Å². The maximum Gasteiger partial charge on any atom is 0.416 e. The zero-order valence-electron chi connectivity index (χ0n) is 14.6. The van der Waals surface area contributed by atoms with E-state index in [-0.39, 0.29) is 12.3 Å². The highest BCUT2D eigenvalue weighted by molar-refractivity contribution is 5.95. The molecule has 1 aliphatic rings. The summed E-state index contributed by atoms with van der Waals surface area (Å²) in [6.07, 6.45) is -0.958. The van der Waals surface area contributed by atoms with Gasteiger partial charge in [0, 0.05) is 12.4 Å². The summed E-state index contributed by atoms with van der Waals surface area (Å²) < 4.78 is 46.5. The number of anilines is 1. The standard InChI is InChI=1S/C20H16F3N3O2/c21-20(22,23)15-6-7-17(26-9-3-8-24-26)16(11-15)25-19(27)14-10-13-4-1-2-5-18(13)28-12-14/h1-9,11,14H,10,12H2,(H,25,27). The number of hydrogen-bond donors (Lipinski definition) is 1. The molecule has 0 saturated heterocycles. The second-order valence-electron chi connectivity index (χ2n) is 6.49. The van der Waals surface area contributed by atoms with E-state index in [1.807, 2.05) is 24.3 Å². The van der Waals surface area contributed by atoms with Gasteiger partial charge in [0.15, 0.2) is 0 Å². The molecule has 4 rings (SSSR count). The maximum atomic E-state index is 13.1. The number of hydrogen-bond acceptors (Lipinski definition) is 3. The third kappa shape index (κ3) is 3.58. The predicted molar refractivity (Wildman–Crippen MR) is 96.3 cm³/mol. The van der Waals surface area contributed by atoms with Crippen molar-refractivity contribution in [3.63, 3.8) is 0 Å². The van der Waals surface area contributed by atoms with E-state index in [9.17, 15) is 18.0 Å². The number of fused-ring (bicyclic) bond motifs is 1. The number of nitrogens with one attached hydrogen (secondary N) is 1.